The van der Waals surface area contributed by atoms with Crippen LogP contribution in [0, 0.1) is 0 Å². The van der Waals surface area contributed by atoms with E-state index in [4.69, 9.17) is 5.73 Å². The summed E-state index contributed by atoms with van der Waals surface area (Å²) in [6.45, 7) is 3.10. The highest BCUT2D eigenvalue weighted by molar-refractivity contribution is 4.78. The normalized spacial score (nSPS) is 23.1. The Morgan fingerprint density at radius 1 is 0.895 bits per heavy atom. The first-order chi connectivity index (χ1) is 9.40. The smallest absolute Gasteiger partial charge is 0.0485 e. The maximum atomic E-state index is 5.70. The predicted octanol–water partition coefficient (Wildman–Crippen LogP) is 2.85. The lowest BCUT2D eigenvalue weighted by Gasteiger charge is -2.36. The zero-order valence-electron chi connectivity index (χ0n) is 12.6. The van der Waals surface area contributed by atoms with Crippen molar-refractivity contribution in [2.45, 2.75) is 82.7 Å². The van der Waals surface area contributed by atoms with Gasteiger partial charge in [-0.1, -0.05) is 38.5 Å². The van der Waals surface area contributed by atoms with E-state index < -0.39 is 0 Å². The van der Waals surface area contributed by atoms with Crippen LogP contribution in [0.25, 0.3) is 0 Å². The standard InChI is InChI=1S/C16H33N3/c17-12-7-13-19(16-10-5-2-6-11-16)14-18-15-8-3-1-4-9-15/h15-16,18H,1-14,17H2. The van der Waals surface area contributed by atoms with E-state index in [1.54, 1.807) is 0 Å². The van der Waals surface area contributed by atoms with Crippen molar-refractivity contribution >= 4 is 0 Å². The van der Waals surface area contributed by atoms with Crippen molar-refractivity contribution in [3.05, 3.63) is 0 Å². The molecule has 0 aromatic carbocycles. The Hall–Kier alpha value is -0.120. The van der Waals surface area contributed by atoms with Gasteiger partial charge >= 0.3 is 0 Å². The molecule has 0 aliphatic heterocycles. The van der Waals surface area contributed by atoms with Gasteiger partial charge in [0, 0.05) is 25.3 Å². The Balaban J connectivity index is 1.74. The van der Waals surface area contributed by atoms with E-state index in [1.165, 1.54) is 70.8 Å². The molecular formula is C16H33N3. The van der Waals surface area contributed by atoms with Crippen LogP contribution in [-0.4, -0.2) is 36.7 Å². The highest BCUT2D eigenvalue weighted by atomic mass is 15.2. The second-order valence-electron chi connectivity index (χ2n) is 6.44. The van der Waals surface area contributed by atoms with Crippen LogP contribution in [0.15, 0.2) is 0 Å². The third-order valence-electron chi connectivity index (χ3n) is 4.93. The van der Waals surface area contributed by atoms with Gasteiger partial charge in [0.15, 0.2) is 0 Å². The van der Waals surface area contributed by atoms with Crippen LogP contribution in [0.4, 0.5) is 0 Å². The fourth-order valence-corrected chi connectivity index (χ4v) is 3.68. The van der Waals surface area contributed by atoms with E-state index in [9.17, 15) is 0 Å². The van der Waals surface area contributed by atoms with E-state index in [1.807, 2.05) is 0 Å². The topological polar surface area (TPSA) is 41.3 Å². The molecule has 0 atom stereocenters. The first-order valence-corrected chi connectivity index (χ1v) is 8.57. The van der Waals surface area contributed by atoms with E-state index >= 15 is 0 Å². The van der Waals surface area contributed by atoms with E-state index in [-0.39, 0.29) is 0 Å². The fourth-order valence-electron chi connectivity index (χ4n) is 3.68. The number of nitrogens with two attached hydrogens (primary N) is 1. The van der Waals surface area contributed by atoms with E-state index in [2.05, 4.69) is 10.2 Å². The maximum Gasteiger partial charge on any atom is 0.0485 e. The van der Waals surface area contributed by atoms with Crippen molar-refractivity contribution in [2.75, 3.05) is 19.8 Å². The molecule has 0 spiro atoms. The molecule has 3 N–H and O–H groups in total. The summed E-state index contributed by atoms with van der Waals surface area (Å²) in [6.07, 6.45) is 15.3. The molecule has 0 bridgehead atoms. The van der Waals surface area contributed by atoms with Gasteiger partial charge in [0.05, 0.1) is 0 Å². The van der Waals surface area contributed by atoms with Crippen LogP contribution in [0.1, 0.15) is 70.6 Å². The minimum absolute atomic E-state index is 0.776. The number of rotatable bonds is 7. The van der Waals surface area contributed by atoms with Crippen LogP contribution < -0.4 is 11.1 Å². The summed E-state index contributed by atoms with van der Waals surface area (Å²) >= 11 is 0. The molecule has 0 radical (unpaired) electrons. The third kappa shape index (κ3) is 5.41. The zero-order chi connectivity index (χ0) is 13.3. The maximum absolute atomic E-state index is 5.70. The summed E-state index contributed by atoms with van der Waals surface area (Å²) in [6, 6.07) is 1.59. The molecule has 3 heteroatoms. The second-order valence-corrected chi connectivity index (χ2v) is 6.44. The molecule has 0 amide bonds. The van der Waals surface area contributed by atoms with Crippen LogP contribution >= 0.6 is 0 Å². The highest BCUT2D eigenvalue weighted by Gasteiger charge is 2.21. The monoisotopic (exact) mass is 267 g/mol. The number of hydrogen-bond acceptors (Lipinski definition) is 3. The Labute approximate surface area is 119 Å². The zero-order valence-corrected chi connectivity index (χ0v) is 12.6. The van der Waals surface area contributed by atoms with Crippen molar-refractivity contribution in [2.24, 2.45) is 5.73 Å². The molecule has 0 aromatic rings. The van der Waals surface area contributed by atoms with Crippen molar-refractivity contribution in [3.8, 4) is 0 Å². The van der Waals surface area contributed by atoms with Gasteiger partial charge < -0.3 is 11.1 Å². The lowest BCUT2D eigenvalue weighted by molar-refractivity contribution is 0.133. The van der Waals surface area contributed by atoms with Crippen molar-refractivity contribution in [3.63, 3.8) is 0 Å². The molecule has 2 aliphatic carbocycles. The lowest BCUT2D eigenvalue weighted by atomic mass is 9.94. The Morgan fingerprint density at radius 3 is 2.16 bits per heavy atom. The minimum Gasteiger partial charge on any atom is -0.330 e. The third-order valence-corrected chi connectivity index (χ3v) is 4.93. The molecule has 0 unspecified atom stereocenters. The molecule has 112 valence electrons. The van der Waals surface area contributed by atoms with Gasteiger partial charge in [-0.2, -0.15) is 0 Å². The van der Waals surface area contributed by atoms with Gasteiger partial charge in [-0.15, -0.1) is 0 Å². The molecule has 2 saturated carbocycles. The Kier molecular flexibility index (Phi) is 7.18. The van der Waals surface area contributed by atoms with E-state index in [0.717, 1.165) is 31.7 Å². The minimum atomic E-state index is 0.776. The van der Waals surface area contributed by atoms with Gasteiger partial charge in [0.25, 0.3) is 0 Å². The summed E-state index contributed by atoms with van der Waals surface area (Å²) < 4.78 is 0. The average molecular weight is 267 g/mol. The molecule has 2 rings (SSSR count). The lowest BCUT2D eigenvalue weighted by Crippen LogP contribution is -2.46. The number of hydrogen-bond donors (Lipinski definition) is 2. The number of nitrogens with one attached hydrogen (secondary N) is 1. The molecule has 2 fully saturated rings. The van der Waals surface area contributed by atoms with Gasteiger partial charge in [-0.05, 0) is 38.6 Å². The Bertz CT molecular complexity index is 220. The summed E-state index contributed by atoms with van der Waals surface area (Å²) in [5.41, 5.74) is 5.70. The molecule has 3 nitrogen and oxygen atoms in total. The predicted molar refractivity (Wildman–Crippen MR) is 82.1 cm³/mol. The van der Waals surface area contributed by atoms with Gasteiger partial charge in [-0.3, -0.25) is 4.90 Å². The Morgan fingerprint density at radius 2 is 1.53 bits per heavy atom. The van der Waals surface area contributed by atoms with Crippen LogP contribution in [0.2, 0.25) is 0 Å². The quantitative estimate of drug-likeness (QED) is 0.697. The molecular weight excluding hydrogens is 234 g/mol. The summed E-state index contributed by atoms with van der Waals surface area (Å²) in [4.78, 5) is 2.68. The second kappa shape index (κ2) is 8.93. The molecule has 2 aliphatic rings. The van der Waals surface area contributed by atoms with Crippen molar-refractivity contribution in [1.82, 2.24) is 10.2 Å². The van der Waals surface area contributed by atoms with Crippen LogP contribution in [-0.2, 0) is 0 Å². The van der Waals surface area contributed by atoms with Gasteiger partial charge in [0.1, 0.15) is 0 Å². The molecule has 0 saturated heterocycles. The van der Waals surface area contributed by atoms with Gasteiger partial charge in [0.2, 0.25) is 0 Å². The first kappa shape index (κ1) is 15.3. The van der Waals surface area contributed by atoms with Crippen LogP contribution in [0.3, 0.4) is 0 Å². The molecule has 0 aromatic heterocycles. The van der Waals surface area contributed by atoms with Gasteiger partial charge in [-0.25, -0.2) is 0 Å². The largest absolute Gasteiger partial charge is 0.330 e. The fraction of sp³-hybridized carbons (Fsp3) is 1.00. The molecule has 19 heavy (non-hydrogen) atoms. The molecule has 0 heterocycles. The summed E-state index contributed by atoms with van der Waals surface area (Å²) in [5.74, 6) is 0. The van der Waals surface area contributed by atoms with E-state index in [0.29, 0.717) is 0 Å². The average Bonchev–Trinajstić information content (AvgIpc) is 2.49. The highest BCUT2D eigenvalue weighted by Crippen LogP contribution is 2.23. The first-order valence-electron chi connectivity index (χ1n) is 8.57. The van der Waals surface area contributed by atoms with Crippen molar-refractivity contribution < 1.29 is 0 Å². The SMILES string of the molecule is NCCCN(CNC1CCCCC1)C1CCCCC1. The summed E-state index contributed by atoms with van der Waals surface area (Å²) in [7, 11) is 0. The van der Waals surface area contributed by atoms with Crippen LogP contribution in [0.5, 0.6) is 0 Å². The summed E-state index contributed by atoms with van der Waals surface area (Å²) in [5, 5.41) is 3.81. The number of nitrogens with zero attached hydrogens (tertiary/aromatic N) is 1. The van der Waals surface area contributed by atoms with Crippen molar-refractivity contribution in [1.29, 1.82) is 0 Å².